The Morgan fingerprint density at radius 1 is 1.24 bits per heavy atom. The molecule has 0 unspecified atom stereocenters. The summed E-state index contributed by atoms with van der Waals surface area (Å²) >= 11 is 0. The minimum Gasteiger partial charge on any atom is -0.372 e. The van der Waals surface area contributed by atoms with Crippen molar-refractivity contribution in [1.82, 2.24) is 9.99 Å². The zero-order valence-corrected chi connectivity index (χ0v) is 14.7. The third-order valence-electron chi connectivity index (χ3n) is 4.22. The molecule has 1 fully saturated rings. The molecule has 3 heterocycles. The van der Waals surface area contributed by atoms with Crippen LogP contribution in [-0.2, 0) is 14.3 Å². The van der Waals surface area contributed by atoms with Gasteiger partial charge in [-0.25, -0.2) is 9.99 Å². The van der Waals surface area contributed by atoms with E-state index in [9.17, 15) is 9.59 Å². The summed E-state index contributed by atoms with van der Waals surface area (Å²) in [4.78, 5) is 30.3. The van der Waals surface area contributed by atoms with Crippen LogP contribution in [0.5, 0.6) is 0 Å². The summed E-state index contributed by atoms with van der Waals surface area (Å²) in [6, 6.07) is 3.71. The largest absolute Gasteiger partial charge is 0.372 e. The average Bonchev–Trinajstić information content (AvgIpc) is 2.57. The Morgan fingerprint density at radius 3 is 2.56 bits per heavy atom. The van der Waals surface area contributed by atoms with Gasteiger partial charge in [-0.3, -0.25) is 9.59 Å². The lowest BCUT2D eigenvalue weighted by molar-refractivity contribution is -0.130. The molecule has 8 heteroatoms. The summed E-state index contributed by atoms with van der Waals surface area (Å²) in [5.74, 6) is 0.472. The molecule has 1 aromatic rings. The highest BCUT2D eigenvalue weighted by atomic mass is 16.5. The minimum absolute atomic E-state index is 0.0865. The van der Waals surface area contributed by atoms with E-state index in [-0.39, 0.29) is 24.0 Å². The quantitative estimate of drug-likeness (QED) is 0.891. The fraction of sp³-hybridized carbons (Fsp3) is 0.529. The second-order valence-electron chi connectivity index (χ2n) is 6.49. The van der Waals surface area contributed by atoms with Crippen molar-refractivity contribution in [2.45, 2.75) is 38.9 Å². The lowest BCUT2D eigenvalue weighted by atomic mass is 10.1. The van der Waals surface area contributed by atoms with E-state index in [1.807, 2.05) is 26.0 Å². The summed E-state index contributed by atoms with van der Waals surface area (Å²) in [6.45, 7) is 5.67. The predicted molar refractivity (Wildman–Crippen MR) is 94.5 cm³/mol. The molecular weight excluding hydrogens is 322 g/mol. The molecule has 1 N–H and O–H groups in total. The third kappa shape index (κ3) is 4.14. The van der Waals surface area contributed by atoms with Crippen LogP contribution < -0.4 is 10.2 Å². The number of hydrogen-bond acceptors (Lipinski definition) is 6. The van der Waals surface area contributed by atoms with Gasteiger partial charge in [-0.05, 0) is 26.0 Å². The second-order valence-corrected chi connectivity index (χ2v) is 6.49. The number of pyridine rings is 1. The predicted octanol–water partition coefficient (Wildman–Crippen LogP) is 1.24. The van der Waals surface area contributed by atoms with Crippen LogP contribution in [0.3, 0.4) is 0 Å². The Labute approximate surface area is 146 Å². The maximum Gasteiger partial charge on any atom is 0.271 e. The molecule has 8 nitrogen and oxygen atoms in total. The summed E-state index contributed by atoms with van der Waals surface area (Å²) in [5.41, 5.74) is 0.951. The monoisotopic (exact) mass is 345 g/mol. The molecule has 2 aliphatic heterocycles. The SMILES string of the molecule is C[C@H]1CN(c2ccc(NC(=O)C3=NN(C)C(=O)CC3)cn2)C[C@H](C)O1. The van der Waals surface area contributed by atoms with Crippen molar-refractivity contribution in [1.29, 1.82) is 0 Å². The van der Waals surface area contributed by atoms with Gasteiger partial charge in [-0.1, -0.05) is 0 Å². The number of rotatable bonds is 3. The van der Waals surface area contributed by atoms with Gasteiger partial charge in [0.05, 0.1) is 24.1 Å². The highest BCUT2D eigenvalue weighted by Gasteiger charge is 2.24. The normalized spacial score (nSPS) is 24.1. The number of hydrogen-bond donors (Lipinski definition) is 1. The fourth-order valence-corrected chi connectivity index (χ4v) is 3.05. The second kappa shape index (κ2) is 7.18. The van der Waals surface area contributed by atoms with Crippen LogP contribution in [0.4, 0.5) is 11.5 Å². The third-order valence-corrected chi connectivity index (χ3v) is 4.22. The van der Waals surface area contributed by atoms with Crippen molar-refractivity contribution in [3.8, 4) is 0 Å². The van der Waals surface area contributed by atoms with Gasteiger partial charge >= 0.3 is 0 Å². The molecule has 0 saturated carbocycles. The molecule has 0 aliphatic carbocycles. The first-order valence-electron chi connectivity index (χ1n) is 8.44. The van der Waals surface area contributed by atoms with Crippen molar-refractivity contribution in [3.63, 3.8) is 0 Å². The number of morpholine rings is 1. The van der Waals surface area contributed by atoms with E-state index in [0.717, 1.165) is 18.9 Å². The number of nitrogens with one attached hydrogen (secondary N) is 1. The molecule has 0 spiro atoms. The standard InChI is InChI=1S/C17H23N5O3/c1-11-9-22(10-12(2)25-11)15-6-4-13(8-18-15)19-17(24)14-5-7-16(23)21(3)20-14/h4,6,8,11-12H,5,7,9-10H2,1-3H3,(H,19,24)/t11-,12-/m0/s1. The van der Waals surface area contributed by atoms with Crippen molar-refractivity contribution in [2.24, 2.45) is 5.10 Å². The van der Waals surface area contributed by atoms with Crippen LogP contribution >= 0.6 is 0 Å². The Bertz CT molecular complexity index is 678. The van der Waals surface area contributed by atoms with E-state index in [4.69, 9.17) is 4.74 Å². The fourth-order valence-electron chi connectivity index (χ4n) is 3.05. The van der Waals surface area contributed by atoms with E-state index < -0.39 is 0 Å². The number of carbonyl (C=O) groups excluding carboxylic acids is 2. The van der Waals surface area contributed by atoms with Gasteiger partial charge in [-0.2, -0.15) is 5.10 Å². The van der Waals surface area contributed by atoms with Crippen molar-refractivity contribution < 1.29 is 14.3 Å². The van der Waals surface area contributed by atoms with Gasteiger partial charge in [0, 0.05) is 33.0 Å². The molecule has 2 amide bonds. The summed E-state index contributed by atoms with van der Waals surface area (Å²) < 4.78 is 5.73. The first-order chi connectivity index (χ1) is 11.9. The van der Waals surface area contributed by atoms with Crippen molar-refractivity contribution >= 4 is 29.0 Å². The Hall–Kier alpha value is -2.48. The molecule has 2 atom stereocenters. The summed E-state index contributed by atoms with van der Waals surface area (Å²) in [6.07, 6.45) is 2.61. The minimum atomic E-state index is -0.303. The summed E-state index contributed by atoms with van der Waals surface area (Å²) in [5, 5.41) is 8.00. The van der Waals surface area contributed by atoms with E-state index in [0.29, 0.717) is 24.2 Å². The van der Waals surface area contributed by atoms with E-state index in [1.165, 1.54) is 5.01 Å². The highest BCUT2D eigenvalue weighted by Crippen LogP contribution is 2.20. The number of aromatic nitrogens is 1. The molecule has 25 heavy (non-hydrogen) atoms. The number of anilines is 2. The highest BCUT2D eigenvalue weighted by molar-refractivity contribution is 6.43. The Balaban J connectivity index is 1.64. The van der Waals surface area contributed by atoms with E-state index in [2.05, 4.69) is 20.3 Å². The number of hydrazone groups is 1. The first-order valence-corrected chi connectivity index (χ1v) is 8.44. The number of nitrogens with zero attached hydrogens (tertiary/aromatic N) is 4. The topological polar surface area (TPSA) is 87.1 Å². The van der Waals surface area contributed by atoms with Gasteiger partial charge in [0.1, 0.15) is 11.5 Å². The first kappa shape index (κ1) is 17.3. The van der Waals surface area contributed by atoms with Crippen LogP contribution in [0, 0.1) is 0 Å². The molecule has 3 rings (SSSR count). The molecule has 134 valence electrons. The molecule has 1 saturated heterocycles. The molecule has 0 bridgehead atoms. The van der Waals surface area contributed by atoms with Crippen LogP contribution in [0.1, 0.15) is 26.7 Å². The maximum atomic E-state index is 12.3. The Kier molecular flexibility index (Phi) is 4.98. The lowest BCUT2D eigenvalue weighted by Crippen LogP contribution is -2.45. The molecule has 0 radical (unpaired) electrons. The number of amides is 2. The van der Waals surface area contributed by atoms with Gasteiger partial charge in [0.2, 0.25) is 5.91 Å². The Morgan fingerprint density at radius 2 is 1.96 bits per heavy atom. The molecular formula is C17H23N5O3. The van der Waals surface area contributed by atoms with Crippen LogP contribution in [0.2, 0.25) is 0 Å². The van der Waals surface area contributed by atoms with Gasteiger partial charge in [0.15, 0.2) is 0 Å². The van der Waals surface area contributed by atoms with Gasteiger partial charge < -0.3 is 15.0 Å². The van der Waals surface area contributed by atoms with Crippen LogP contribution in [0.15, 0.2) is 23.4 Å². The van der Waals surface area contributed by atoms with E-state index in [1.54, 1.807) is 13.2 Å². The maximum absolute atomic E-state index is 12.3. The van der Waals surface area contributed by atoms with E-state index >= 15 is 0 Å². The number of ether oxygens (including phenoxy) is 1. The molecule has 0 aromatic carbocycles. The summed E-state index contributed by atoms with van der Waals surface area (Å²) in [7, 11) is 1.55. The smallest absolute Gasteiger partial charge is 0.271 e. The lowest BCUT2D eigenvalue weighted by Gasteiger charge is -2.36. The van der Waals surface area contributed by atoms with Gasteiger partial charge in [-0.15, -0.1) is 0 Å². The average molecular weight is 345 g/mol. The van der Waals surface area contributed by atoms with Crippen molar-refractivity contribution in [2.75, 3.05) is 30.4 Å². The van der Waals surface area contributed by atoms with Crippen LogP contribution in [-0.4, -0.2) is 59.9 Å². The van der Waals surface area contributed by atoms with Crippen LogP contribution in [0.25, 0.3) is 0 Å². The molecule has 1 aromatic heterocycles. The zero-order valence-electron chi connectivity index (χ0n) is 14.7. The molecule has 2 aliphatic rings. The van der Waals surface area contributed by atoms with Gasteiger partial charge in [0.25, 0.3) is 5.91 Å². The van der Waals surface area contributed by atoms with Crippen molar-refractivity contribution in [3.05, 3.63) is 18.3 Å². The number of carbonyl (C=O) groups is 2. The zero-order chi connectivity index (χ0) is 18.0.